The summed E-state index contributed by atoms with van der Waals surface area (Å²) >= 11 is 1.60. The van der Waals surface area contributed by atoms with Crippen LogP contribution >= 0.6 is 11.3 Å². The minimum Gasteiger partial charge on any atom is -0.408 e. The molecule has 1 N–H and O–H groups in total. The molecule has 1 aromatic carbocycles. The van der Waals surface area contributed by atoms with Crippen LogP contribution in [0.2, 0.25) is 0 Å². The third-order valence-electron chi connectivity index (χ3n) is 1.67. The van der Waals surface area contributed by atoms with Gasteiger partial charge in [-0.2, -0.15) is 0 Å². The largest absolute Gasteiger partial charge is 0.417 e. The molecule has 0 aliphatic heterocycles. The van der Waals surface area contributed by atoms with E-state index < -0.39 is 5.76 Å². The summed E-state index contributed by atoms with van der Waals surface area (Å²) in [5, 5.41) is 1.93. The lowest BCUT2D eigenvalue weighted by molar-refractivity contribution is 0.555. The number of nitrogens with one attached hydrogen (secondary N) is 1. The van der Waals surface area contributed by atoms with Crippen molar-refractivity contribution in [2.24, 2.45) is 0 Å². The Morgan fingerprint density at radius 2 is 2.20 bits per heavy atom. The quantitative estimate of drug-likeness (QED) is 0.632. The molecule has 0 aliphatic rings. The van der Waals surface area contributed by atoms with Crippen molar-refractivity contribution in [2.75, 3.05) is 0 Å². The Bertz CT molecular complexity index is 515. The van der Waals surface area contributed by atoms with Crippen molar-refractivity contribution >= 4 is 22.4 Å². The molecule has 5 heteroatoms. The second-order valence-electron chi connectivity index (χ2n) is 2.69. The van der Waals surface area contributed by atoms with Crippen molar-refractivity contribution in [3.05, 3.63) is 51.9 Å². The van der Waals surface area contributed by atoms with E-state index >= 15 is 0 Å². The predicted molar refractivity (Wildman–Crippen MR) is 58.9 cm³/mol. The van der Waals surface area contributed by atoms with Gasteiger partial charge in [-0.1, -0.05) is 12.1 Å². The van der Waals surface area contributed by atoms with Gasteiger partial charge >= 0.3 is 5.76 Å². The zero-order chi connectivity index (χ0) is 10.5. The van der Waals surface area contributed by atoms with Gasteiger partial charge in [-0.05, 0) is 12.1 Å². The van der Waals surface area contributed by atoms with Crippen molar-refractivity contribution in [3.63, 3.8) is 0 Å². The molecule has 0 radical (unpaired) electrons. The van der Waals surface area contributed by atoms with E-state index in [9.17, 15) is 4.79 Å². The summed E-state index contributed by atoms with van der Waals surface area (Å²) < 4.78 is 4.76. The van der Waals surface area contributed by atoms with Crippen LogP contribution in [-0.2, 0) is 0 Å². The van der Waals surface area contributed by atoms with Crippen molar-refractivity contribution in [1.29, 1.82) is 0 Å². The molecule has 3 rings (SSSR count). The first kappa shape index (κ1) is 9.67. The van der Waals surface area contributed by atoms with Crippen molar-refractivity contribution < 1.29 is 4.42 Å². The Morgan fingerprint density at radius 3 is 2.80 bits per heavy atom. The molecule has 4 nitrogen and oxygen atoms in total. The zero-order valence-electron chi connectivity index (χ0n) is 7.71. The highest BCUT2D eigenvalue weighted by molar-refractivity contribution is 7.07. The van der Waals surface area contributed by atoms with Crippen molar-refractivity contribution in [3.8, 4) is 0 Å². The summed E-state index contributed by atoms with van der Waals surface area (Å²) in [4.78, 5) is 16.8. The summed E-state index contributed by atoms with van der Waals surface area (Å²) in [7, 11) is 0. The Morgan fingerprint density at radius 1 is 1.33 bits per heavy atom. The maximum Gasteiger partial charge on any atom is 0.417 e. The number of hydrogen-bond acceptors (Lipinski definition) is 4. The molecule has 0 amide bonds. The fraction of sp³-hybridized carbons (Fsp3) is 0. The number of aromatic amines is 1. The molecule has 2 aromatic heterocycles. The molecule has 0 saturated carbocycles. The molecule has 0 atom stereocenters. The van der Waals surface area contributed by atoms with Crippen LogP contribution in [0.15, 0.2) is 50.6 Å². The number of nitrogens with zero attached hydrogens (tertiary/aromatic N) is 1. The van der Waals surface area contributed by atoms with Gasteiger partial charge in [-0.15, -0.1) is 11.3 Å². The highest BCUT2D eigenvalue weighted by atomic mass is 32.1. The maximum absolute atomic E-state index is 10.6. The molecule has 76 valence electrons. The van der Waals surface area contributed by atoms with E-state index in [2.05, 4.69) is 9.97 Å². The van der Waals surface area contributed by atoms with Gasteiger partial charge in [0.1, 0.15) is 0 Å². The van der Waals surface area contributed by atoms with Gasteiger partial charge in [-0.25, -0.2) is 4.79 Å². The lowest BCUT2D eigenvalue weighted by Crippen LogP contribution is -1.92. The van der Waals surface area contributed by atoms with Crippen molar-refractivity contribution in [2.45, 2.75) is 0 Å². The smallest absolute Gasteiger partial charge is 0.408 e. The van der Waals surface area contributed by atoms with Crippen LogP contribution in [0.5, 0.6) is 0 Å². The molecule has 2 heterocycles. The number of H-pyrrole nitrogens is 1. The number of thiazole rings is 1. The number of oxazole rings is 1. The van der Waals surface area contributed by atoms with Gasteiger partial charge in [0.2, 0.25) is 0 Å². The Kier molecular flexibility index (Phi) is 2.94. The molecule has 3 aromatic rings. The van der Waals surface area contributed by atoms with E-state index in [-0.39, 0.29) is 0 Å². The highest BCUT2D eigenvalue weighted by Crippen LogP contribution is 2.06. The van der Waals surface area contributed by atoms with Gasteiger partial charge in [0, 0.05) is 11.6 Å². The van der Waals surface area contributed by atoms with E-state index in [0.29, 0.717) is 5.58 Å². The average molecular weight is 220 g/mol. The number of benzene rings is 1. The fourth-order valence-corrected chi connectivity index (χ4v) is 1.42. The van der Waals surface area contributed by atoms with Gasteiger partial charge in [-0.3, -0.25) is 9.97 Å². The Balaban J connectivity index is 0.000000144. The van der Waals surface area contributed by atoms with E-state index in [4.69, 9.17) is 4.42 Å². The number of fused-ring (bicyclic) bond motifs is 1. The number of hydrogen-bond donors (Lipinski definition) is 1. The first-order valence-corrected chi connectivity index (χ1v) is 5.20. The summed E-state index contributed by atoms with van der Waals surface area (Å²) in [6.07, 6.45) is 1.77. The molecule has 0 spiro atoms. The molecule has 0 saturated heterocycles. The molecule has 0 fully saturated rings. The standard InChI is InChI=1S/C7H5NO2.C3H3NS/c9-7-8-5-3-1-2-4-6(5)10-7;1-2-5-3-4-1/h1-4H,(H,8,9);1-3H. The first-order chi connectivity index (χ1) is 7.36. The van der Waals surface area contributed by atoms with Crippen LogP contribution in [0.1, 0.15) is 0 Å². The van der Waals surface area contributed by atoms with Crippen LogP contribution < -0.4 is 5.76 Å². The summed E-state index contributed by atoms with van der Waals surface area (Å²) in [5.41, 5.74) is 3.14. The van der Waals surface area contributed by atoms with Crippen LogP contribution in [0, 0.1) is 0 Å². The van der Waals surface area contributed by atoms with E-state index in [1.807, 2.05) is 17.5 Å². The van der Waals surface area contributed by atoms with Crippen LogP contribution in [0.3, 0.4) is 0 Å². The maximum atomic E-state index is 10.6. The lowest BCUT2D eigenvalue weighted by atomic mass is 10.3. The fourth-order valence-electron chi connectivity index (χ4n) is 1.07. The Hall–Kier alpha value is -1.88. The molecular formula is C10H8N2O2S. The number of aromatic nitrogens is 2. The molecular weight excluding hydrogens is 212 g/mol. The third kappa shape index (κ3) is 2.54. The summed E-state index contributed by atoms with van der Waals surface area (Å²) in [6.45, 7) is 0. The van der Waals surface area contributed by atoms with Crippen molar-refractivity contribution in [1.82, 2.24) is 9.97 Å². The van der Waals surface area contributed by atoms with Gasteiger partial charge < -0.3 is 4.42 Å². The molecule has 0 bridgehead atoms. The predicted octanol–water partition coefficient (Wildman–Crippen LogP) is 2.26. The van der Waals surface area contributed by atoms with Crippen LogP contribution in [0.4, 0.5) is 0 Å². The molecule has 0 aliphatic carbocycles. The zero-order valence-corrected chi connectivity index (χ0v) is 8.53. The van der Waals surface area contributed by atoms with Gasteiger partial charge in [0.15, 0.2) is 5.58 Å². The first-order valence-electron chi connectivity index (χ1n) is 4.26. The molecule has 15 heavy (non-hydrogen) atoms. The number of rotatable bonds is 0. The van der Waals surface area contributed by atoms with Crippen LogP contribution in [0.25, 0.3) is 11.1 Å². The SMILES string of the molecule is O=c1[nH]c2ccccc2o1.c1cscn1. The average Bonchev–Trinajstić information content (AvgIpc) is 2.87. The lowest BCUT2D eigenvalue weighted by Gasteiger charge is -1.79. The second kappa shape index (κ2) is 4.56. The van der Waals surface area contributed by atoms with E-state index in [1.54, 1.807) is 35.2 Å². The summed E-state index contributed by atoms with van der Waals surface area (Å²) in [5.74, 6) is -0.402. The minimum atomic E-state index is -0.402. The summed E-state index contributed by atoms with van der Waals surface area (Å²) in [6, 6.07) is 7.19. The van der Waals surface area contributed by atoms with Crippen LogP contribution in [-0.4, -0.2) is 9.97 Å². The van der Waals surface area contributed by atoms with Gasteiger partial charge in [0.25, 0.3) is 0 Å². The highest BCUT2D eigenvalue weighted by Gasteiger charge is 1.95. The molecule has 0 unspecified atom stereocenters. The third-order valence-corrected chi connectivity index (χ3v) is 2.20. The number of para-hydroxylation sites is 2. The second-order valence-corrected chi connectivity index (χ2v) is 3.44. The van der Waals surface area contributed by atoms with E-state index in [1.165, 1.54) is 0 Å². The monoisotopic (exact) mass is 220 g/mol. The topological polar surface area (TPSA) is 58.9 Å². The minimum absolute atomic E-state index is 0.402. The van der Waals surface area contributed by atoms with Gasteiger partial charge in [0.05, 0.1) is 11.0 Å². The Labute approximate surface area is 89.2 Å². The normalized spacial score (nSPS) is 9.60. The van der Waals surface area contributed by atoms with E-state index in [0.717, 1.165) is 5.52 Å².